The quantitative estimate of drug-likeness (QED) is 0.848. The van der Waals surface area contributed by atoms with Crippen molar-refractivity contribution in [3.8, 4) is 0 Å². The van der Waals surface area contributed by atoms with Gasteiger partial charge in [0.1, 0.15) is 5.76 Å². The lowest BCUT2D eigenvalue weighted by molar-refractivity contribution is 0.252. The molecule has 0 spiro atoms. The van der Waals surface area contributed by atoms with Crippen LogP contribution in [0.1, 0.15) is 5.76 Å². The average Bonchev–Trinajstić information content (AvgIpc) is 2.83. The Kier molecular flexibility index (Phi) is 3.81. The molecule has 0 atom stereocenters. The molecular weight excluding hydrogens is 216 g/mol. The second kappa shape index (κ2) is 5.75. The van der Waals surface area contributed by atoms with Crippen molar-refractivity contribution >= 4 is 11.7 Å². The van der Waals surface area contributed by atoms with Crippen molar-refractivity contribution in [2.45, 2.75) is 6.42 Å². The summed E-state index contributed by atoms with van der Waals surface area (Å²) in [5, 5.41) is 5.50. The van der Waals surface area contributed by atoms with E-state index < -0.39 is 0 Å². The number of amides is 2. The first-order chi connectivity index (χ1) is 8.34. The monoisotopic (exact) mass is 230 g/mol. The third kappa shape index (κ3) is 3.68. The number of urea groups is 1. The second-order valence-corrected chi connectivity index (χ2v) is 3.58. The van der Waals surface area contributed by atoms with Gasteiger partial charge in [0.2, 0.25) is 0 Å². The molecule has 1 heterocycles. The summed E-state index contributed by atoms with van der Waals surface area (Å²) in [6, 6.07) is 12.8. The maximum atomic E-state index is 11.5. The number of carbonyl (C=O) groups excluding carboxylic acids is 1. The number of para-hydroxylation sites is 1. The molecule has 0 saturated carbocycles. The van der Waals surface area contributed by atoms with Gasteiger partial charge in [-0.25, -0.2) is 4.79 Å². The smallest absolute Gasteiger partial charge is 0.319 e. The minimum atomic E-state index is -0.206. The number of nitrogens with one attached hydrogen (secondary N) is 2. The lowest BCUT2D eigenvalue weighted by atomic mass is 10.3. The molecule has 0 saturated heterocycles. The molecule has 2 rings (SSSR count). The third-order valence-electron chi connectivity index (χ3n) is 2.27. The van der Waals surface area contributed by atoms with Crippen LogP contribution in [0.25, 0.3) is 0 Å². The molecule has 0 bridgehead atoms. The van der Waals surface area contributed by atoms with Gasteiger partial charge in [-0.05, 0) is 24.3 Å². The lowest BCUT2D eigenvalue weighted by Gasteiger charge is -2.06. The highest BCUT2D eigenvalue weighted by molar-refractivity contribution is 5.89. The first kappa shape index (κ1) is 11.3. The van der Waals surface area contributed by atoms with E-state index in [-0.39, 0.29) is 6.03 Å². The van der Waals surface area contributed by atoms with E-state index in [4.69, 9.17) is 4.42 Å². The minimum absolute atomic E-state index is 0.206. The molecular formula is C13H14N2O2. The Morgan fingerprint density at radius 3 is 2.65 bits per heavy atom. The van der Waals surface area contributed by atoms with Crippen molar-refractivity contribution in [2.24, 2.45) is 0 Å². The van der Waals surface area contributed by atoms with Crippen LogP contribution in [-0.4, -0.2) is 12.6 Å². The Bertz CT molecular complexity index is 452. The normalized spacial score (nSPS) is 9.88. The molecule has 4 heteroatoms. The predicted molar refractivity (Wildman–Crippen MR) is 65.9 cm³/mol. The molecule has 0 radical (unpaired) electrons. The molecule has 0 aliphatic heterocycles. The van der Waals surface area contributed by atoms with Gasteiger partial charge in [0.25, 0.3) is 0 Å². The summed E-state index contributed by atoms with van der Waals surface area (Å²) in [5.74, 6) is 0.866. The van der Waals surface area contributed by atoms with Crippen molar-refractivity contribution in [3.05, 3.63) is 54.5 Å². The number of anilines is 1. The molecule has 2 aromatic rings. The molecule has 1 aromatic carbocycles. The average molecular weight is 230 g/mol. The topological polar surface area (TPSA) is 54.3 Å². The molecule has 0 fully saturated rings. The molecule has 1 aromatic heterocycles. The van der Waals surface area contributed by atoms with Crippen molar-refractivity contribution in [1.29, 1.82) is 0 Å². The Labute approximate surface area is 99.6 Å². The second-order valence-electron chi connectivity index (χ2n) is 3.58. The van der Waals surface area contributed by atoms with E-state index in [0.717, 1.165) is 11.4 Å². The summed E-state index contributed by atoms with van der Waals surface area (Å²) in [6.45, 7) is 0.548. The van der Waals surface area contributed by atoms with E-state index in [2.05, 4.69) is 10.6 Å². The zero-order valence-corrected chi connectivity index (χ0v) is 9.35. The van der Waals surface area contributed by atoms with E-state index in [9.17, 15) is 4.79 Å². The lowest BCUT2D eigenvalue weighted by Crippen LogP contribution is -2.30. The largest absolute Gasteiger partial charge is 0.469 e. The molecule has 0 aliphatic carbocycles. The minimum Gasteiger partial charge on any atom is -0.469 e. The van der Waals surface area contributed by atoms with Gasteiger partial charge < -0.3 is 15.1 Å². The SMILES string of the molecule is O=C(NCCc1ccco1)Nc1ccccc1. The highest BCUT2D eigenvalue weighted by Gasteiger charge is 2.01. The van der Waals surface area contributed by atoms with Gasteiger partial charge in [-0.15, -0.1) is 0 Å². The van der Waals surface area contributed by atoms with Crippen molar-refractivity contribution < 1.29 is 9.21 Å². The number of benzene rings is 1. The summed E-state index contributed by atoms with van der Waals surface area (Å²) >= 11 is 0. The fraction of sp³-hybridized carbons (Fsp3) is 0.154. The van der Waals surface area contributed by atoms with E-state index in [0.29, 0.717) is 13.0 Å². The Morgan fingerprint density at radius 2 is 1.94 bits per heavy atom. The highest BCUT2D eigenvalue weighted by Crippen LogP contribution is 2.04. The van der Waals surface area contributed by atoms with Gasteiger partial charge in [0, 0.05) is 18.7 Å². The summed E-state index contributed by atoms with van der Waals surface area (Å²) in [4.78, 5) is 11.5. The number of rotatable bonds is 4. The Hall–Kier alpha value is -2.23. The highest BCUT2D eigenvalue weighted by atomic mass is 16.3. The fourth-order valence-electron chi connectivity index (χ4n) is 1.45. The standard InChI is InChI=1S/C13H14N2O2/c16-13(15-11-5-2-1-3-6-11)14-9-8-12-7-4-10-17-12/h1-7,10H,8-9H2,(H2,14,15,16). The Morgan fingerprint density at radius 1 is 1.12 bits per heavy atom. The maximum Gasteiger partial charge on any atom is 0.319 e. The van der Waals surface area contributed by atoms with Gasteiger partial charge >= 0.3 is 6.03 Å². The van der Waals surface area contributed by atoms with Crippen LogP contribution >= 0.6 is 0 Å². The molecule has 88 valence electrons. The number of hydrogen-bond acceptors (Lipinski definition) is 2. The zero-order valence-electron chi connectivity index (χ0n) is 9.35. The van der Waals surface area contributed by atoms with Crippen LogP contribution in [0.4, 0.5) is 10.5 Å². The van der Waals surface area contributed by atoms with Crippen LogP contribution in [0.2, 0.25) is 0 Å². The van der Waals surface area contributed by atoms with Crippen LogP contribution in [0.3, 0.4) is 0 Å². The van der Waals surface area contributed by atoms with Crippen molar-refractivity contribution in [2.75, 3.05) is 11.9 Å². The van der Waals surface area contributed by atoms with E-state index in [1.54, 1.807) is 6.26 Å². The van der Waals surface area contributed by atoms with Crippen LogP contribution in [0.15, 0.2) is 53.1 Å². The molecule has 2 N–H and O–H groups in total. The first-order valence-electron chi connectivity index (χ1n) is 5.47. The summed E-state index contributed by atoms with van der Waals surface area (Å²) in [5.41, 5.74) is 0.781. The molecule has 0 aliphatic rings. The summed E-state index contributed by atoms with van der Waals surface area (Å²) in [6.07, 6.45) is 2.31. The molecule has 0 unspecified atom stereocenters. The number of carbonyl (C=O) groups is 1. The third-order valence-corrected chi connectivity index (χ3v) is 2.27. The van der Waals surface area contributed by atoms with Crippen molar-refractivity contribution in [3.63, 3.8) is 0 Å². The van der Waals surface area contributed by atoms with Crippen LogP contribution in [0.5, 0.6) is 0 Å². The molecule has 17 heavy (non-hydrogen) atoms. The molecule has 2 amide bonds. The first-order valence-corrected chi connectivity index (χ1v) is 5.47. The van der Waals surface area contributed by atoms with E-state index in [1.807, 2.05) is 42.5 Å². The van der Waals surface area contributed by atoms with Gasteiger partial charge in [0.15, 0.2) is 0 Å². The van der Waals surface area contributed by atoms with Crippen LogP contribution < -0.4 is 10.6 Å². The van der Waals surface area contributed by atoms with Gasteiger partial charge in [-0.1, -0.05) is 18.2 Å². The van der Waals surface area contributed by atoms with Gasteiger partial charge in [-0.3, -0.25) is 0 Å². The summed E-state index contributed by atoms with van der Waals surface area (Å²) in [7, 11) is 0. The van der Waals surface area contributed by atoms with Gasteiger partial charge in [-0.2, -0.15) is 0 Å². The maximum absolute atomic E-state index is 11.5. The van der Waals surface area contributed by atoms with E-state index >= 15 is 0 Å². The summed E-state index contributed by atoms with van der Waals surface area (Å²) < 4.78 is 5.16. The predicted octanol–water partition coefficient (Wildman–Crippen LogP) is 2.64. The van der Waals surface area contributed by atoms with E-state index in [1.165, 1.54) is 0 Å². The van der Waals surface area contributed by atoms with Crippen LogP contribution in [-0.2, 0) is 6.42 Å². The fourth-order valence-corrected chi connectivity index (χ4v) is 1.45. The number of hydrogen-bond donors (Lipinski definition) is 2. The molecule has 4 nitrogen and oxygen atoms in total. The van der Waals surface area contributed by atoms with Gasteiger partial charge in [0.05, 0.1) is 6.26 Å². The number of furan rings is 1. The Balaban J connectivity index is 1.71. The van der Waals surface area contributed by atoms with Crippen molar-refractivity contribution in [1.82, 2.24) is 5.32 Å². The van der Waals surface area contributed by atoms with Crippen LogP contribution in [0, 0.1) is 0 Å². The zero-order chi connectivity index (χ0) is 11.9.